The largest absolute Gasteiger partial charge is 0.449 e. The SMILES string of the molecule is CCC(OC(=O)c1cnc2c(cnn2C(C)C)c1)C(=O)Nc1cc(C)on1. The molecule has 0 spiro atoms. The first kappa shape index (κ1) is 18.6. The van der Waals surface area contributed by atoms with Gasteiger partial charge < -0.3 is 14.6 Å². The maximum atomic E-state index is 12.5. The third kappa shape index (κ3) is 3.97. The number of carbonyl (C=O) groups is 2. The van der Waals surface area contributed by atoms with Gasteiger partial charge in [-0.25, -0.2) is 14.5 Å². The van der Waals surface area contributed by atoms with Gasteiger partial charge in [0.25, 0.3) is 5.91 Å². The lowest BCUT2D eigenvalue weighted by Crippen LogP contribution is -2.32. The summed E-state index contributed by atoms with van der Waals surface area (Å²) >= 11 is 0. The topological polar surface area (TPSA) is 112 Å². The summed E-state index contributed by atoms with van der Waals surface area (Å²) in [5.74, 6) is -0.256. The molecule has 3 aromatic rings. The number of rotatable bonds is 6. The number of anilines is 1. The highest BCUT2D eigenvalue weighted by Crippen LogP contribution is 2.18. The minimum Gasteiger partial charge on any atom is -0.449 e. The highest BCUT2D eigenvalue weighted by atomic mass is 16.5. The average Bonchev–Trinajstić information content (AvgIpc) is 3.24. The van der Waals surface area contributed by atoms with Gasteiger partial charge in [-0.05, 0) is 33.3 Å². The monoisotopic (exact) mass is 371 g/mol. The minimum absolute atomic E-state index is 0.154. The third-order valence-electron chi connectivity index (χ3n) is 3.95. The molecule has 0 aliphatic carbocycles. The van der Waals surface area contributed by atoms with Gasteiger partial charge in [-0.3, -0.25) is 4.79 Å². The van der Waals surface area contributed by atoms with Gasteiger partial charge in [0.1, 0.15) is 5.76 Å². The summed E-state index contributed by atoms with van der Waals surface area (Å²) in [5, 5.41) is 11.3. The first-order valence-electron chi connectivity index (χ1n) is 8.67. The van der Waals surface area contributed by atoms with Crippen LogP contribution in [0.4, 0.5) is 5.82 Å². The Labute approximate surface area is 155 Å². The van der Waals surface area contributed by atoms with Crippen LogP contribution in [0, 0.1) is 6.92 Å². The molecular weight excluding hydrogens is 350 g/mol. The van der Waals surface area contributed by atoms with Gasteiger partial charge in [-0.2, -0.15) is 5.10 Å². The Bertz CT molecular complexity index is 975. The summed E-state index contributed by atoms with van der Waals surface area (Å²) < 4.78 is 12.0. The first-order chi connectivity index (χ1) is 12.9. The van der Waals surface area contributed by atoms with Gasteiger partial charge in [0.15, 0.2) is 17.6 Å². The number of carbonyl (C=O) groups excluding carboxylic acids is 2. The number of hydrogen-bond donors (Lipinski definition) is 1. The molecule has 0 aromatic carbocycles. The van der Waals surface area contributed by atoms with E-state index in [-0.39, 0.29) is 17.4 Å². The van der Waals surface area contributed by atoms with Crippen molar-refractivity contribution in [3.8, 4) is 0 Å². The Balaban J connectivity index is 1.72. The summed E-state index contributed by atoms with van der Waals surface area (Å²) in [6.07, 6.45) is 2.44. The molecule has 142 valence electrons. The highest BCUT2D eigenvalue weighted by molar-refractivity contribution is 5.98. The van der Waals surface area contributed by atoms with Crippen molar-refractivity contribution in [2.45, 2.75) is 46.3 Å². The molecule has 9 nitrogen and oxygen atoms in total. The van der Waals surface area contributed by atoms with Crippen LogP contribution in [-0.2, 0) is 9.53 Å². The van der Waals surface area contributed by atoms with Crippen molar-refractivity contribution in [2.75, 3.05) is 5.32 Å². The van der Waals surface area contributed by atoms with E-state index in [1.165, 1.54) is 6.20 Å². The van der Waals surface area contributed by atoms with Gasteiger partial charge in [0, 0.05) is 23.7 Å². The number of amides is 1. The second-order valence-electron chi connectivity index (χ2n) is 6.43. The van der Waals surface area contributed by atoms with E-state index in [9.17, 15) is 9.59 Å². The van der Waals surface area contributed by atoms with E-state index < -0.39 is 18.0 Å². The number of aryl methyl sites for hydroxylation is 1. The number of esters is 1. The van der Waals surface area contributed by atoms with E-state index >= 15 is 0 Å². The number of nitrogens with zero attached hydrogens (tertiary/aromatic N) is 4. The van der Waals surface area contributed by atoms with Crippen molar-refractivity contribution in [3.63, 3.8) is 0 Å². The van der Waals surface area contributed by atoms with Crippen LogP contribution in [0.1, 0.15) is 49.4 Å². The normalized spacial score (nSPS) is 12.3. The van der Waals surface area contributed by atoms with Crippen molar-refractivity contribution in [1.82, 2.24) is 19.9 Å². The van der Waals surface area contributed by atoms with Gasteiger partial charge in [0.05, 0.1) is 11.8 Å². The fourth-order valence-corrected chi connectivity index (χ4v) is 2.58. The fourth-order valence-electron chi connectivity index (χ4n) is 2.58. The lowest BCUT2D eigenvalue weighted by atomic mass is 10.2. The Hall–Kier alpha value is -3.23. The van der Waals surface area contributed by atoms with Gasteiger partial charge in [0.2, 0.25) is 0 Å². The van der Waals surface area contributed by atoms with Gasteiger partial charge >= 0.3 is 5.97 Å². The number of hydrogen-bond acceptors (Lipinski definition) is 7. The van der Waals surface area contributed by atoms with Crippen molar-refractivity contribution >= 4 is 28.7 Å². The maximum absolute atomic E-state index is 12.5. The smallest absolute Gasteiger partial charge is 0.340 e. The zero-order valence-corrected chi connectivity index (χ0v) is 15.6. The van der Waals surface area contributed by atoms with E-state index in [1.807, 2.05) is 13.8 Å². The molecule has 9 heteroatoms. The summed E-state index contributed by atoms with van der Waals surface area (Å²) in [7, 11) is 0. The molecule has 1 unspecified atom stereocenters. The number of pyridine rings is 1. The molecular formula is C18H21N5O4. The zero-order chi connectivity index (χ0) is 19.6. The molecule has 1 amide bonds. The van der Waals surface area contributed by atoms with Crippen LogP contribution in [0.25, 0.3) is 11.0 Å². The van der Waals surface area contributed by atoms with Crippen LogP contribution in [0.2, 0.25) is 0 Å². The lowest BCUT2D eigenvalue weighted by molar-refractivity contribution is -0.124. The van der Waals surface area contributed by atoms with E-state index in [1.54, 1.807) is 36.9 Å². The molecule has 0 bridgehead atoms. The number of aromatic nitrogens is 4. The van der Waals surface area contributed by atoms with E-state index in [0.29, 0.717) is 17.8 Å². The minimum atomic E-state index is -0.955. The Morgan fingerprint density at radius 2 is 2.07 bits per heavy atom. The molecule has 0 saturated heterocycles. The Kier molecular flexibility index (Phi) is 5.20. The number of fused-ring (bicyclic) bond motifs is 1. The van der Waals surface area contributed by atoms with Crippen LogP contribution in [0.3, 0.4) is 0 Å². The lowest BCUT2D eigenvalue weighted by Gasteiger charge is -2.15. The van der Waals surface area contributed by atoms with Gasteiger partial charge in [-0.15, -0.1) is 0 Å². The molecule has 0 radical (unpaired) electrons. The van der Waals surface area contributed by atoms with Crippen LogP contribution < -0.4 is 5.32 Å². The second kappa shape index (κ2) is 7.56. The molecule has 3 rings (SSSR count). The Morgan fingerprint density at radius 1 is 1.30 bits per heavy atom. The number of ether oxygens (including phenoxy) is 1. The maximum Gasteiger partial charge on any atom is 0.340 e. The standard InChI is InChI=1S/C18H21N5O4/c1-5-14(17(24)21-15-6-11(4)27-22-15)26-18(25)13-7-12-9-20-23(10(2)3)16(12)19-8-13/h6-10,14H,5H2,1-4H3,(H,21,22,24). The highest BCUT2D eigenvalue weighted by Gasteiger charge is 2.23. The van der Waals surface area contributed by atoms with E-state index in [0.717, 1.165) is 5.39 Å². The predicted octanol–water partition coefficient (Wildman–Crippen LogP) is 2.88. The fraction of sp³-hybridized carbons (Fsp3) is 0.389. The quantitative estimate of drug-likeness (QED) is 0.663. The van der Waals surface area contributed by atoms with Crippen molar-refractivity contribution in [2.24, 2.45) is 0 Å². The van der Waals surface area contributed by atoms with Crippen LogP contribution in [0.5, 0.6) is 0 Å². The molecule has 0 aliphatic rings. The molecule has 3 heterocycles. The predicted molar refractivity (Wildman–Crippen MR) is 97.3 cm³/mol. The van der Waals surface area contributed by atoms with Crippen LogP contribution in [-0.4, -0.2) is 37.9 Å². The summed E-state index contributed by atoms with van der Waals surface area (Å²) in [5.41, 5.74) is 0.946. The summed E-state index contributed by atoms with van der Waals surface area (Å²) in [4.78, 5) is 29.1. The molecule has 27 heavy (non-hydrogen) atoms. The summed E-state index contributed by atoms with van der Waals surface area (Å²) in [6.45, 7) is 7.46. The molecule has 0 saturated carbocycles. The molecule has 1 atom stereocenters. The molecule has 0 aliphatic heterocycles. The Morgan fingerprint density at radius 3 is 2.70 bits per heavy atom. The van der Waals surface area contributed by atoms with Crippen molar-refractivity contribution in [1.29, 1.82) is 0 Å². The first-order valence-corrected chi connectivity index (χ1v) is 8.67. The second-order valence-corrected chi connectivity index (χ2v) is 6.43. The molecule has 3 aromatic heterocycles. The summed E-state index contributed by atoms with van der Waals surface area (Å²) in [6, 6.07) is 3.39. The third-order valence-corrected chi connectivity index (χ3v) is 3.95. The molecule has 1 N–H and O–H groups in total. The van der Waals surface area contributed by atoms with Crippen LogP contribution in [0.15, 0.2) is 29.0 Å². The van der Waals surface area contributed by atoms with Crippen molar-refractivity contribution < 1.29 is 18.8 Å². The van der Waals surface area contributed by atoms with Gasteiger partial charge in [-0.1, -0.05) is 12.1 Å². The van der Waals surface area contributed by atoms with Crippen molar-refractivity contribution in [3.05, 3.63) is 35.9 Å². The van der Waals surface area contributed by atoms with E-state index in [4.69, 9.17) is 9.26 Å². The zero-order valence-electron chi connectivity index (χ0n) is 15.6. The van der Waals surface area contributed by atoms with E-state index in [2.05, 4.69) is 20.6 Å². The van der Waals surface area contributed by atoms with Crippen LogP contribution >= 0.6 is 0 Å². The number of nitrogens with one attached hydrogen (secondary N) is 1. The molecule has 0 fully saturated rings. The average molecular weight is 371 g/mol.